The van der Waals surface area contributed by atoms with E-state index in [0.29, 0.717) is 42.4 Å². The summed E-state index contributed by atoms with van der Waals surface area (Å²) in [6.45, 7) is 2.80. The molecular weight excluding hydrogens is 386 g/mol. The fourth-order valence-corrected chi connectivity index (χ4v) is 2.96. The summed E-state index contributed by atoms with van der Waals surface area (Å²) in [5.74, 6) is 0.753. The van der Waals surface area contributed by atoms with E-state index in [9.17, 15) is 9.59 Å². The maximum atomic E-state index is 12.3. The smallest absolute Gasteiger partial charge is 0.325 e. The molecule has 0 spiro atoms. The highest BCUT2D eigenvalue weighted by Gasteiger charge is 2.17. The standard InChI is InChI=1S/C21H25N5O4/c1-3-30-18(27)13-24-20-19(14-4-6-16(29-2)7-5-14)25-17-12-15(8-11-26(17)20)21(28)23-10-9-22/h4-8,11-12,24H,3,9-10,13,22H2,1-2H3,(H,23,28). The first kappa shape index (κ1) is 21.1. The van der Waals surface area contributed by atoms with Crippen LogP contribution in [0, 0.1) is 0 Å². The largest absolute Gasteiger partial charge is 0.497 e. The van der Waals surface area contributed by atoms with Crippen molar-refractivity contribution in [1.29, 1.82) is 0 Å². The zero-order valence-corrected chi connectivity index (χ0v) is 17.0. The molecule has 9 heteroatoms. The van der Waals surface area contributed by atoms with Crippen LogP contribution in [0.2, 0.25) is 0 Å². The second-order valence-electron chi connectivity index (χ2n) is 6.38. The first-order valence-corrected chi connectivity index (χ1v) is 9.61. The first-order valence-electron chi connectivity index (χ1n) is 9.61. The van der Waals surface area contributed by atoms with E-state index in [1.165, 1.54) is 0 Å². The van der Waals surface area contributed by atoms with Crippen molar-refractivity contribution in [2.45, 2.75) is 6.92 Å². The van der Waals surface area contributed by atoms with Gasteiger partial charge >= 0.3 is 5.97 Å². The van der Waals surface area contributed by atoms with Gasteiger partial charge in [-0.15, -0.1) is 0 Å². The van der Waals surface area contributed by atoms with E-state index >= 15 is 0 Å². The molecule has 30 heavy (non-hydrogen) atoms. The molecule has 0 aliphatic carbocycles. The van der Waals surface area contributed by atoms with Gasteiger partial charge in [0.2, 0.25) is 0 Å². The number of nitrogens with one attached hydrogen (secondary N) is 2. The predicted octanol–water partition coefficient (Wildman–Crippen LogP) is 1.67. The molecule has 1 aromatic carbocycles. The minimum Gasteiger partial charge on any atom is -0.497 e. The Morgan fingerprint density at radius 3 is 2.63 bits per heavy atom. The van der Waals surface area contributed by atoms with Crippen molar-refractivity contribution in [1.82, 2.24) is 14.7 Å². The van der Waals surface area contributed by atoms with Gasteiger partial charge in [0.15, 0.2) is 0 Å². The molecule has 0 atom stereocenters. The fourth-order valence-electron chi connectivity index (χ4n) is 2.96. The van der Waals surface area contributed by atoms with Crippen molar-refractivity contribution < 1.29 is 19.1 Å². The van der Waals surface area contributed by atoms with E-state index in [1.54, 1.807) is 36.8 Å². The quantitative estimate of drug-likeness (QED) is 0.458. The van der Waals surface area contributed by atoms with Crippen LogP contribution in [0.15, 0.2) is 42.6 Å². The highest BCUT2D eigenvalue weighted by atomic mass is 16.5. The fraction of sp³-hybridized carbons (Fsp3) is 0.286. The number of nitrogens with two attached hydrogens (primary N) is 1. The second kappa shape index (κ2) is 9.75. The molecule has 3 aromatic rings. The molecular formula is C21H25N5O4. The minimum absolute atomic E-state index is 0.0104. The Hall–Kier alpha value is -3.59. The number of carbonyl (C=O) groups is 2. The highest BCUT2D eigenvalue weighted by molar-refractivity contribution is 5.95. The van der Waals surface area contributed by atoms with Crippen LogP contribution in [0.5, 0.6) is 5.75 Å². The summed E-state index contributed by atoms with van der Waals surface area (Å²) in [6.07, 6.45) is 1.74. The van der Waals surface area contributed by atoms with Crippen molar-refractivity contribution in [3.05, 3.63) is 48.2 Å². The predicted molar refractivity (Wildman–Crippen MR) is 114 cm³/mol. The summed E-state index contributed by atoms with van der Waals surface area (Å²) >= 11 is 0. The normalized spacial score (nSPS) is 10.6. The molecule has 0 fully saturated rings. The Morgan fingerprint density at radius 1 is 1.20 bits per heavy atom. The third kappa shape index (κ3) is 4.69. The van der Waals surface area contributed by atoms with Gasteiger partial charge in [-0.2, -0.15) is 0 Å². The second-order valence-corrected chi connectivity index (χ2v) is 6.38. The number of pyridine rings is 1. The van der Waals surface area contributed by atoms with Crippen LogP contribution in [0.4, 0.5) is 5.82 Å². The number of methoxy groups -OCH3 is 1. The zero-order valence-electron chi connectivity index (χ0n) is 17.0. The molecule has 2 heterocycles. The average Bonchev–Trinajstić information content (AvgIpc) is 3.14. The Bertz CT molecular complexity index is 1030. The molecule has 3 rings (SSSR count). The highest BCUT2D eigenvalue weighted by Crippen LogP contribution is 2.30. The van der Waals surface area contributed by atoms with Gasteiger partial charge in [0.25, 0.3) is 5.91 Å². The number of imidazole rings is 1. The van der Waals surface area contributed by atoms with Gasteiger partial charge in [0.1, 0.15) is 29.5 Å². The van der Waals surface area contributed by atoms with Crippen molar-refractivity contribution in [2.75, 3.05) is 38.7 Å². The van der Waals surface area contributed by atoms with Crippen LogP contribution in [0.1, 0.15) is 17.3 Å². The Labute approximate surface area is 174 Å². The van der Waals surface area contributed by atoms with Crippen LogP contribution in [0.25, 0.3) is 16.9 Å². The number of hydrogen-bond acceptors (Lipinski definition) is 7. The summed E-state index contributed by atoms with van der Waals surface area (Å²) in [7, 11) is 1.60. The summed E-state index contributed by atoms with van der Waals surface area (Å²) in [6, 6.07) is 10.8. The first-order chi connectivity index (χ1) is 14.6. The van der Waals surface area contributed by atoms with Gasteiger partial charge in [0, 0.05) is 30.4 Å². The lowest BCUT2D eigenvalue weighted by molar-refractivity contribution is -0.140. The zero-order chi connectivity index (χ0) is 21.5. The monoisotopic (exact) mass is 411 g/mol. The van der Waals surface area contributed by atoms with Gasteiger partial charge in [-0.1, -0.05) is 0 Å². The molecule has 0 bridgehead atoms. The van der Waals surface area contributed by atoms with Crippen molar-refractivity contribution in [2.24, 2.45) is 5.73 Å². The maximum Gasteiger partial charge on any atom is 0.325 e. The lowest BCUT2D eigenvalue weighted by atomic mass is 10.1. The van der Waals surface area contributed by atoms with Gasteiger partial charge < -0.3 is 25.8 Å². The number of amides is 1. The number of rotatable bonds is 9. The molecule has 0 radical (unpaired) electrons. The number of ether oxygens (including phenoxy) is 2. The Morgan fingerprint density at radius 2 is 1.97 bits per heavy atom. The molecule has 0 unspecified atom stereocenters. The Balaban J connectivity index is 2.01. The lowest BCUT2D eigenvalue weighted by Gasteiger charge is -2.09. The van der Waals surface area contributed by atoms with Gasteiger partial charge in [-0.25, -0.2) is 4.98 Å². The summed E-state index contributed by atoms with van der Waals surface area (Å²) in [4.78, 5) is 28.8. The molecule has 9 nitrogen and oxygen atoms in total. The number of hydrogen-bond donors (Lipinski definition) is 3. The molecule has 2 aromatic heterocycles. The summed E-state index contributed by atoms with van der Waals surface area (Å²) < 4.78 is 12.0. The number of aromatic nitrogens is 2. The van der Waals surface area contributed by atoms with Crippen LogP contribution >= 0.6 is 0 Å². The van der Waals surface area contributed by atoms with E-state index in [4.69, 9.17) is 15.2 Å². The lowest BCUT2D eigenvalue weighted by Crippen LogP contribution is -2.29. The van der Waals surface area contributed by atoms with Crippen molar-refractivity contribution >= 4 is 23.3 Å². The molecule has 1 amide bonds. The topological polar surface area (TPSA) is 120 Å². The minimum atomic E-state index is -0.370. The van der Waals surface area contributed by atoms with E-state index < -0.39 is 0 Å². The van der Waals surface area contributed by atoms with E-state index in [2.05, 4.69) is 15.6 Å². The number of fused-ring (bicyclic) bond motifs is 1. The van der Waals surface area contributed by atoms with Crippen molar-refractivity contribution in [3.8, 4) is 17.0 Å². The van der Waals surface area contributed by atoms with Crippen LogP contribution in [-0.4, -0.2) is 54.6 Å². The Kier molecular flexibility index (Phi) is 6.87. The maximum absolute atomic E-state index is 12.3. The van der Waals surface area contributed by atoms with Gasteiger partial charge in [-0.05, 0) is 43.3 Å². The van der Waals surface area contributed by atoms with Crippen LogP contribution < -0.4 is 21.1 Å². The van der Waals surface area contributed by atoms with Crippen molar-refractivity contribution in [3.63, 3.8) is 0 Å². The molecule has 0 aliphatic heterocycles. The van der Waals surface area contributed by atoms with E-state index in [0.717, 1.165) is 11.3 Å². The molecule has 0 aliphatic rings. The summed E-state index contributed by atoms with van der Waals surface area (Å²) in [5, 5.41) is 5.85. The molecule has 4 N–H and O–H groups in total. The number of carbonyl (C=O) groups excluding carboxylic acids is 2. The number of esters is 1. The van der Waals surface area contributed by atoms with Crippen LogP contribution in [0.3, 0.4) is 0 Å². The number of anilines is 1. The van der Waals surface area contributed by atoms with E-state index in [1.807, 2.05) is 24.3 Å². The van der Waals surface area contributed by atoms with Crippen LogP contribution in [-0.2, 0) is 9.53 Å². The average molecular weight is 411 g/mol. The number of benzene rings is 1. The third-order valence-electron chi connectivity index (χ3n) is 4.39. The molecule has 158 valence electrons. The molecule has 0 saturated carbocycles. The van der Waals surface area contributed by atoms with Gasteiger partial charge in [-0.3, -0.25) is 14.0 Å². The third-order valence-corrected chi connectivity index (χ3v) is 4.39. The van der Waals surface area contributed by atoms with E-state index in [-0.39, 0.29) is 18.4 Å². The summed E-state index contributed by atoms with van der Waals surface area (Å²) in [5.41, 5.74) is 7.95. The number of nitrogens with zero attached hydrogens (tertiary/aromatic N) is 2. The van der Waals surface area contributed by atoms with Gasteiger partial charge in [0.05, 0.1) is 13.7 Å². The SMILES string of the molecule is CCOC(=O)CNc1c(-c2ccc(OC)cc2)nc2cc(C(=O)NCCN)ccn12. The molecule has 0 saturated heterocycles.